The molecular formula is C42H48IrNO2S2-. The third kappa shape index (κ3) is 7.19. The molecule has 6 aromatic rings. The van der Waals surface area contributed by atoms with Crippen LogP contribution in [0.5, 0.6) is 0 Å². The van der Waals surface area contributed by atoms with Gasteiger partial charge in [-0.05, 0) is 66.1 Å². The van der Waals surface area contributed by atoms with Crippen LogP contribution in [0.4, 0.5) is 0 Å². The molecule has 255 valence electrons. The zero-order valence-corrected chi connectivity index (χ0v) is 33.7. The molecule has 0 spiro atoms. The van der Waals surface area contributed by atoms with Crippen molar-refractivity contribution in [3.05, 3.63) is 89.6 Å². The van der Waals surface area contributed by atoms with Crippen LogP contribution in [0.3, 0.4) is 0 Å². The smallest absolute Gasteiger partial charge is 0.164 e. The average molecular weight is 855 g/mol. The fourth-order valence-electron chi connectivity index (χ4n) is 6.12. The average Bonchev–Trinajstić information content (AvgIpc) is 3.71. The summed E-state index contributed by atoms with van der Waals surface area (Å²) >= 11 is 3.65. The first-order valence-electron chi connectivity index (χ1n) is 16.9. The Morgan fingerprint density at radius 1 is 0.812 bits per heavy atom. The number of aromatic nitrogens is 1. The Hall–Kier alpha value is -2.89. The second-order valence-corrected chi connectivity index (χ2v) is 16.3. The van der Waals surface area contributed by atoms with Gasteiger partial charge in [0.2, 0.25) is 0 Å². The van der Waals surface area contributed by atoms with Gasteiger partial charge in [0.05, 0.1) is 0 Å². The zero-order valence-electron chi connectivity index (χ0n) is 29.7. The molecule has 0 unspecified atom stereocenters. The summed E-state index contributed by atoms with van der Waals surface area (Å²) in [5.74, 6) is 0.286. The van der Waals surface area contributed by atoms with E-state index in [-0.39, 0.29) is 47.9 Å². The van der Waals surface area contributed by atoms with Crippen molar-refractivity contribution < 1.29 is 30.0 Å². The van der Waals surface area contributed by atoms with Gasteiger partial charge in [-0.25, -0.2) is 0 Å². The number of hydrogen-bond acceptors (Lipinski definition) is 5. The van der Waals surface area contributed by atoms with Gasteiger partial charge in [-0.1, -0.05) is 91.5 Å². The molecule has 0 amide bonds. The minimum atomic E-state index is -0.337. The Kier molecular flexibility index (Phi) is 11.8. The normalized spacial score (nSPS) is 12.7. The molecule has 3 nitrogen and oxygen atoms in total. The first kappa shape index (κ1) is 37.9. The summed E-state index contributed by atoms with van der Waals surface area (Å²) in [7, 11) is 0. The summed E-state index contributed by atoms with van der Waals surface area (Å²) in [6.45, 7) is 18.9. The van der Waals surface area contributed by atoms with Crippen molar-refractivity contribution >= 4 is 69.5 Å². The quantitative estimate of drug-likeness (QED) is 0.0943. The van der Waals surface area contributed by atoms with E-state index in [4.69, 9.17) is 4.98 Å². The number of thiophene rings is 2. The zero-order chi connectivity index (χ0) is 34.1. The third-order valence-corrected chi connectivity index (χ3v) is 12.4. The summed E-state index contributed by atoms with van der Waals surface area (Å²) in [6, 6.07) is 23.5. The molecule has 0 saturated heterocycles. The van der Waals surface area contributed by atoms with Crippen LogP contribution in [0.1, 0.15) is 93.6 Å². The van der Waals surface area contributed by atoms with Crippen molar-refractivity contribution in [3.63, 3.8) is 0 Å². The molecule has 6 heteroatoms. The fourth-order valence-corrected chi connectivity index (χ4v) is 8.03. The van der Waals surface area contributed by atoms with Crippen molar-refractivity contribution in [1.29, 1.82) is 0 Å². The minimum Gasteiger partial charge on any atom is -0.512 e. The van der Waals surface area contributed by atoms with Gasteiger partial charge in [0, 0.05) is 73.8 Å². The van der Waals surface area contributed by atoms with Gasteiger partial charge in [0.1, 0.15) is 5.76 Å². The molecular weight excluding hydrogens is 807 g/mol. The molecule has 0 aliphatic carbocycles. The Morgan fingerprint density at radius 3 is 2.08 bits per heavy atom. The SMILES string of the molecule is CC(C)(C)c1cc(-c2nccc3sc4ccc5sccc5c4c23)[c-]c2ccccc12.CCC(C)(CC)C(=O)/C=C(\O)C(C)(CC)CC.[Ir]. The molecule has 0 aliphatic rings. The first-order valence-corrected chi connectivity index (χ1v) is 18.6. The third-order valence-electron chi connectivity index (χ3n) is 10.4. The van der Waals surface area contributed by atoms with E-state index in [9.17, 15) is 9.90 Å². The van der Waals surface area contributed by atoms with Gasteiger partial charge in [0.15, 0.2) is 5.78 Å². The number of rotatable bonds is 8. The maximum atomic E-state index is 12.2. The van der Waals surface area contributed by atoms with Crippen molar-refractivity contribution in [2.45, 2.75) is 93.4 Å². The van der Waals surface area contributed by atoms with Crippen LogP contribution in [-0.2, 0) is 30.3 Å². The molecule has 6 rings (SSSR count). The number of allylic oxidation sites excluding steroid dienone is 2. The minimum absolute atomic E-state index is 0. The van der Waals surface area contributed by atoms with E-state index in [0.717, 1.165) is 42.3 Å². The second-order valence-electron chi connectivity index (χ2n) is 14.2. The molecule has 1 radical (unpaired) electrons. The number of aliphatic hydroxyl groups excluding tert-OH is 1. The van der Waals surface area contributed by atoms with Gasteiger partial charge in [-0.2, -0.15) is 0 Å². The van der Waals surface area contributed by atoms with Crippen LogP contribution in [0, 0.1) is 16.9 Å². The van der Waals surface area contributed by atoms with Gasteiger partial charge in [0.25, 0.3) is 0 Å². The van der Waals surface area contributed by atoms with E-state index in [0.29, 0.717) is 0 Å². The standard InChI is InChI=1S/C27H20NS2.C15H28O2.Ir/c1-27(2,3)20-15-17(14-16-6-4-5-7-18(16)20)26-25-23(10-12-28-26)30-22-9-8-21-19(24(22)25)11-13-29-21;1-7-14(5,8-2)12(16)11-13(17)15(6,9-3)10-4;/h4-13,15H,1-3H3;11,16H,7-10H2,1-6H3;/q-1;;/b;12-11-;. The predicted molar refractivity (Wildman–Crippen MR) is 206 cm³/mol. The Balaban J connectivity index is 0.000000251. The van der Waals surface area contributed by atoms with Crippen LogP contribution in [0.2, 0.25) is 0 Å². The summed E-state index contributed by atoms with van der Waals surface area (Å²) < 4.78 is 3.93. The van der Waals surface area contributed by atoms with Gasteiger partial charge in [-0.15, -0.1) is 51.8 Å². The molecule has 0 bridgehead atoms. The van der Waals surface area contributed by atoms with E-state index < -0.39 is 0 Å². The maximum Gasteiger partial charge on any atom is 0.164 e. The number of carbonyl (C=O) groups excluding carboxylic acids is 1. The van der Waals surface area contributed by atoms with Gasteiger partial charge < -0.3 is 5.11 Å². The summed E-state index contributed by atoms with van der Waals surface area (Å²) in [4.78, 5) is 17.1. The molecule has 3 aromatic carbocycles. The van der Waals surface area contributed by atoms with Crippen LogP contribution >= 0.6 is 22.7 Å². The number of ketones is 1. The number of carbonyl (C=O) groups is 1. The Bertz CT molecular complexity index is 2090. The van der Waals surface area contributed by atoms with E-state index in [1.807, 2.05) is 59.1 Å². The van der Waals surface area contributed by atoms with E-state index in [1.165, 1.54) is 47.3 Å². The molecule has 0 fully saturated rings. The first-order chi connectivity index (χ1) is 22.3. The fraction of sp³-hybridized carbons (Fsp3) is 0.381. The largest absolute Gasteiger partial charge is 0.512 e. The monoisotopic (exact) mass is 855 g/mol. The molecule has 0 saturated carbocycles. The maximum absolute atomic E-state index is 12.2. The summed E-state index contributed by atoms with van der Waals surface area (Å²) in [5, 5.41) is 18.7. The molecule has 3 aromatic heterocycles. The summed E-state index contributed by atoms with van der Waals surface area (Å²) in [5.41, 5.74) is 2.89. The van der Waals surface area contributed by atoms with Crippen molar-refractivity contribution in [3.8, 4) is 11.3 Å². The molecule has 1 N–H and O–H groups in total. The topological polar surface area (TPSA) is 50.2 Å². The van der Waals surface area contributed by atoms with Crippen LogP contribution in [0.15, 0.2) is 78.0 Å². The molecule has 48 heavy (non-hydrogen) atoms. The van der Waals surface area contributed by atoms with Crippen LogP contribution < -0.4 is 0 Å². The van der Waals surface area contributed by atoms with E-state index in [1.54, 1.807) is 11.3 Å². The number of pyridine rings is 1. The van der Waals surface area contributed by atoms with Crippen molar-refractivity contribution in [1.82, 2.24) is 4.98 Å². The number of aliphatic hydroxyl groups is 1. The van der Waals surface area contributed by atoms with Crippen LogP contribution in [-0.4, -0.2) is 15.9 Å². The predicted octanol–water partition coefficient (Wildman–Crippen LogP) is 13.2. The second kappa shape index (κ2) is 14.9. The van der Waals surface area contributed by atoms with Gasteiger partial charge in [-0.3, -0.25) is 9.78 Å². The molecule has 3 heterocycles. The van der Waals surface area contributed by atoms with Gasteiger partial charge >= 0.3 is 0 Å². The number of nitrogens with zero attached hydrogens (tertiary/aromatic N) is 1. The number of hydrogen-bond donors (Lipinski definition) is 1. The van der Waals surface area contributed by atoms with E-state index >= 15 is 0 Å². The summed E-state index contributed by atoms with van der Waals surface area (Å²) in [6.07, 6.45) is 6.70. The molecule has 0 aliphatic heterocycles. The number of fused-ring (bicyclic) bond motifs is 6. The Labute approximate surface area is 307 Å². The van der Waals surface area contributed by atoms with E-state index in [2.05, 4.69) is 86.8 Å². The van der Waals surface area contributed by atoms with Crippen molar-refractivity contribution in [2.24, 2.45) is 10.8 Å². The Morgan fingerprint density at radius 2 is 1.44 bits per heavy atom. The van der Waals surface area contributed by atoms with Crippen LogP contribution in [0.25, 0.3) is 52.3 Å². The molecule has 0 atom stereocenters. The van der Waals surface area contributed by atoms with Crippen molar-refractivity contribution in [2.75, 3.05) is 0 Å². The number of benzene rings is 3.